The van der Waals surface area contributed by atoms with Gasteiger partial charge in [-0.1, -0.05) is 199 Å². The van der Waals surface area contributed by atoms with E-state index in [0.29, 0.717) is 22.7 Å². The van der Waals surface area contributed by atoms with Crippen LogP contribution in [-0.2, 0) is 31.9 Å². The van der Waals surface area contributed by atoms with Crippen LogP contribution in [0.3, 0.4) is 0 Å². The van der Waals surface area contributed by atoms with E-state index in [2.05, 4.69) is 178 Å². The van der Waals surface area contributed by atoms with Crippen molar-refractivity contribution in [1.29, 1.82) is 0 Å². The molecule has 3 aromatic heterocycles. The van der Waals surface area contributed by atoms with Crippen LogP contribution in [0.4, 0.5) is 0 Å². The van der Waals surface area contributed by atoms with Crippen molar-refractivity contribution in [3.05, 3.63) is 236 Å². The SMILES string of the molecule is [2H]c1c([2H])c([2H])c(-c2cccc3c2-c2cccc4c2[n+]([c-]n4-c2[c-]c(Oc4[c-]c5c(cc4)c4ccccc4n5-c4cc(C(C)(C)C)ccn4)ccc2)-c2c(-c4ccc(C(C)(C)C)cc4)cccc2-c2ccccc2-3)c([2H])c1[2H].[Pt]. The number of hydrogen-bond acceptors (Lipinski definition) is 2. The molecule has 13 rings (SSSR count). The van der Waals surface area contributed by atoms with Gasteiger partial charge >= 0.3 is 0 Å². The Bertz CT molecular complexity index is 4420. The summed E-state index contributed by atoms with van der Waals surface area (Å²) in [6.07, 6.45) is 5.73. The smallest absolute Gasteiger partial charge is 0.268 e. The zero-order valence-corrected chi connectivity index (χ0v) is 44.0. The third kappa shape index (κ3) is 7.90. The Morgan fingerprint density at radius 2 is 1.16 bits per heavy atom. The van der Waals surface area contributed by atoms with E-state index in [1.165, 1.54) is 11.1 Å². The molecule has 0 amide bonds. The van der Waals surface area contributed by atoms with Crippen LogP contribution < -0.4 is 9.30 Å². The van der Waals surface area contributed by atoms with Crippen LogP contribution in [0.1, 0.15) is 59.5 Å². The van der Waals surface area contributed by atoms with Gasteiger partial charge in [-0.2, -0.15) is 18.2 Å². The number of para-hydroxylation sites is 3. The number of aromatic nitrogens is 4. The fourth-order valence-corrected chi connectivity index (χ4v) is 10.6. The number of imidazole rings is 1. The Balaban J connectivity index is 0.00000623. The molecule has 1 aliphatic heterocycles. The first kappa shape index (κ1) is 41.4. The van der Waals surface area contributed by atoms with Crippen LogP contribution in [0.2, 0.25) is 0 Å². The van der Waals surface area contributed by atoms with Crippen LogP contribution in [-0.4, -0.2) is 14.1 Å². The van der Waals surface area contributed by atoms with Crippen LogP contribution in [0, 0.1) is 18.5 Å². The normalized spacial score (nSPS) is 13.0. The van der Waals surface area contributed by atoms with Gasteiger partial charge in [-0.3, -0.25) is 4.57 Å². The molecule has 9 aromatic carbocycles. The molecule has 0 radical (unpaired) electrons. The maximum atomic E-state index is 9.30. The summed E-state index contributed by atoms with van der Waals surface area (Å²) in [5, 5.41) is 2.12. The van der Waals surface area contributed by atoms with Gasteiger partial charge in [0, 0.05) is 44.3 Å². The topological polar surface area (TPSA) is 35.9 Å². The second-order valence-corrected chi connectivity index (χ2v) is 20.8. The molecule has 0 saturated carbocycles. The molecule has 4 heterocycles. The Morgan fingerprint density at radius 3 is 1.95 bits per heavy atom. The van der Waals surface area contributed by atoms with Gasteiger partial charge in [0.1, 0.15) is 5.82 Å². The van der Waals surface area contributed by atoms with E-state index in [1.54, 1.807) is 0 Å². The van der Waals surface area contributed by atoms with Crippen molar-refractivity contribution in [1.82, 2.24) is 14.1 Å². The fourth-order valence-electron chi connectivity index (χ4n) is 10.6. The third-order valence-electron chi connectivity index (χ3n) is 14.2. The Labute approximate surface area is 454 Å². The second-order valence-electron chi connectivity index (χ2n) is 20.8. The zero-order valence-electron chi connectivity index (χ0n) is 46.8. The van der Waals surface area contributed by atoms with Gasteiger partial charge < -0.3 is 13.9 Å². The number of fused-ring (bicyclic) bond motifs is 10. The zero-order chi connectivity index (χ0) is 53.9. The summed E-state index contributed by atoms with van der Waals surface area (Å²) < 4.78 is 57.8. The molecule has 0 bridgehead atoms. The van der Waals surface area contributed by atoms with E-state index in [0.717, 1.165) is 88.9 Å². The summed E-state index contributed by atoms with van der Waals surface area (Å²) in [7, 11) is 0. The van der Waals surface area contributed by atoms with E-state index >= 15 is 0 Å². The molecular formula is C68H52N4OPt-2. The molecular weight excluding hydrogens is 1080 g/mol. The van der Waals surface area contributed by atoms with Crippen molar-refractivity contribution in [2.45, 2.75) is 52.4 Å². The van der Waals surface area contributed by atoms with Crippen molar-refractivity contribution in [2.75, 3.05) is 0 Å². The molecule has 74 heavy (non-hydrogen) atoms. The van der Waals surface area contributed by atoms with Gasteiger partial charge in [0.05, 0.1) is 23.6 Å². The van der Waals surface area contributed by atoms with E-state index in [1.807, 2.05) is 71.4 Å². The van der Waals surface area contributed by atoms with E-state index in [4.69, 9.17) is 13.8 Å². The van der Waals surface area contributed by atoms with E-state index in [9.17, 15) is 2.74 Å². The van der Waals surface area contributed by atoms with Gasteiger partial charge in [0.15, 0.2) is 0 Å². The van der Waals surface area contributed by atoms with Gasteiger partial charge in [-0.15, -0.1) is 29.7 Å². The van der Waals surface area contributed by atoms with Crippen LogP contribution >= 0.6 is 0 Å². The molecule has 0 atom stereocenters. The average Bonchev–Trinajstić information content (AvgIpc) is 4.16. The van der Waals surface area contributed by atoms with E-state index < -0.39 is 18.1 Å². The Kier molecular flexibility index (Phi) is 10.1. The number of hydrogen-bond donors (Lipinski definition) is 0. The summed E-state index contributed by atoms with van der Waals surface area (Å²) in [4.78, 5) is 4.88. The number of ether oxygens (including phenoxy) is 1. The molecule has 0 saturated heterocycles. The van der Waals surface area contributed by atoms with Gasteiger partial charge in [-0.05, 0) is 107 Å². The number of rotatable bonds is 6. The molecule has 12 aromatic rings. The summed E-state index contributed by atoms with van der Waals surface area (Å²) in [6, 6.07) is 63.4. The first-order chi connectivity index (χ1) is 37.5. The minimum atomic E-state index is -0.442. The summed E-state index contributed by atoms with van der Waals surface area (Å²) >= 11 is 0. The number of nitrogens with zero attached hydrogens (tertiary/aromatic N) is 4. The van der Waals surface area contributed by atoms with Gasteiger partial charge in [-0.25, -0.2) is 4.98 Å². The minimum Gasteiger partial charge on any atom is -0.510 e. The predicted molar refractivity (Wildman–Crippen MR) is 298 cm³/mol. The minimum absolute atomic E-state index is 0. The Morgan fingerprint density at radius 1 is 0.527 bits per heavy atom. The molecule has 0 unspecified atom stereocenters. The van der Waals surface area contributed by atoms with Crippen LogP contribution in [0.5, 0.6) is 11.5 Å². The third-order valence-corrected chi connectivity index (χ3v) is 14.2. The molecule has 5 nitrogen and oxygen atoms in total. The molecule has 0 spiro atoms. The van der Waals surface area contributed by atoms with Crippen molar-refractivity contribution in [3.8, 4) is 84.3 Å². The largest absolute Gasteiger partial charge is 0.510 e. The second kappa shape index (κ2) is 18.1. The fraction of sp³-hybridized carbons (Fsp3) is 0.118. The summed E-state index contributed by atoms with van der Waals surface area (Å²) in [6.45, 7) is 13.3. The van der Waals surface area contributed by atoms with Crippen molar-refractivity contribution in [2.24, 2.45) is 0 Å². The van der Waals surface area contributed by atoms with Crippen molar-refractivity contribution < 1.29 is 37.2 Å². The Hall–Kier alpha value is -8.11. The standard InChI is InChI=1S/C68H52N4O.Pt/c1-67(2,3)46-34-32-45(33-35-46)52-26-16-28-58-54-23-11-10-22-53(54)57-27-15-25-51(44-18-8-7-9-19-44)64(57)59-29-17-31-61-66(59)71(65(52)58)43-70(61)48-20-14-21-49(41-48)73-50-36-37-56-55-24-12-13-30-60(55)72(62(56)42-50)63-40-47(38-39-69-63)68(4,5)6;/h7-40H,1-6H3;/q-2;/i7D,8D,9D,18D,19D;. The molecule has 0 aliphatic carbocycles. The number of pyridine rings is 1. The first-order valence-electron chi connectivity index (χ1n) is 27.2. The van der Waals surface area contributed by atoms with Gasteiger partial charge in [0.25, 0.3) is 6.33 Å². The molecule has 6 heteroatoms. The van der Waals surface area contributed by atoms with Crippen LogP contribution in [0.25, 0.3) is 106 Å². The summed E-state index contributed by atoms with van der Waals surface area (Å²) in [5.74, 6) is 1.79. The summed E-state index contributed by atoms with van der Waals surface area (Å²) in [5.41, 5.74) is 15.2. The monoisotopic (exact) mass is 1140 g/mol. The molecule has 1 aliphatic rings. The van der Waals surface area contributed by atoms with Crippen molar-refractivity contribution in [3.63, 3.8) is 0 Å². The van der Waals surface area contributed by atoms with Crippen LogP contribution in [0.15, 0.2) is 206 Å². The quantitative estimate of drug-likeness (QED) is 0.123. The molecule has 362 valence electrons. The number of benzene rings is 9. The molecule has 0 N–H and O–H groups in total. The average molecular weight is 1140 g/mol. The predicted octanol–water partition coefficient (Wildman–Crippen LogP) is 16.8. The molecule has 0 fully saturated rings. The van der Waals surface area contributed by atoms with Crippen molar-refractivity contribution >= 4 is 32.8 Å². The van der Waals surface area contributed by atoms with E-state index in [-0.39, 0.29) is 49.5 Å². The first-order valence-corrected chi connectivity index (χ1v) is 24.7. The maximum Gasteiger partial charge on any atom is 0.268 e. The van der Waals surface area contributed by atoms with Gasteiger partial charge in [0.2, 0.25) is 0 Å². The maximum absolute atomic E-state index is 9.30.